The first-order valence-corrected chi connectivity index (χ1v) is 6.91. The lowest BCUT2D eigenvalue weighted by Gasteiger charge is -2.25. The summed E-state index contributed by atoms with van der Waals surface area (Å²) in [4.78, 5) is 16.8. The number of nitrogens with two attached hydrogens (primary N) is 1. The van der Waals surface area contributed by atoms with Gasteiger partial charge >= 0.3 is 0 Å². The van der Waals surface area contributed by atoms with Crippen molar-refractivity contribution < 1.29 is 4.79 Å². The minimum Gasteiger partial charge on any atom is -0.347 e. The molecule has 20 heavy (non-hydrogen) atoms. The fraction of sp³-hybridized carbons (Fsp3) is 0.600. The van der Waals surface area contributed by atoms with E-state index in [4.69, 9.17) is 5.84 Å². The van der Waals surface area contributed by atoms with Crippen molar-refractivity contribution in [3.8, 4) is 0 Å². The molecule has 0 unspecified atom stereocenters. The zero-order valence-corrected chi connectivity index (χ0v) is 13.3. The number of pyridine rings is 1. The number of hydrogen-bond acceptors (Lipinski definition) is 4. The number of hydrogen-bond donors (Lipinski definition) is 3. The minimum atomic E-state index is -0.238. The Morgan fingerprint density at radius 1 is 1.25 bits per heavy atom. The summed E-state index contributed by atoms with van der Waals surface area (Å²) < 4.78 is 0. The van der Waals surface area contributed by atoms with Gasteiger partial charge in [-0.2, -0.15) is 0 Å². The van der Waals surface area contributed by atoms with E-state index in [2.05, 4.69) is 15.7 Å². The van der Waals surface area contributed by atoms with Crippen molar-refractivity contribution in [1.29, 1.82) is 0 Å². The predicted octanol–water partition coefficient (Wildman–Crippen LogP) is 2.58. The molecule has 0 radical (unpaired) electrons. The van der Waals surface area contributed by atoms with E-state index in [1.165, 1.54) is 0 Å². The molecule has 0 aliphatic carbocycles. The standard InChI is InChI=1S/C15H26N4O/c1-7-15(5,6)18-13(20)10-8-11(14(2,3)4)17-12(9-10)19-16/h8-9H,7,16H2,1-6H3,(H,17,19)(H,18,20). The largest absolute Gasteiger partial charge is 0.347 e. The zero-order valence-electron chi connectivity index (χ0n) is 13.3. The monoisotopic (exact) mass is 278 g/mol. The van der Waals surface area contributed by atoms with E-state index in [1.54, 1.807) is 6.07 Å². The van der Waals surface area contributed by atoms with Crippen molar-refractivity contribution in [2.75, 3.05) is 5.43 Å². The molecule has 1 aromatic rings. The quantitative estimate of drug-likeness (QED) is 0.584. The number of nitrogens with zero attached hydrogens (tertiary/aromatic N) is 1. The SMILES string of the molecule is CCC(C)(C)NC(=O)c1cc(NN)nc(C(C)(C)C)c1. The number of nitrogens with one attached hydrogen (secondary N) is 2. The fourth-order valence-electron chi connectivity index (χ4n) is 1.59. The molecule has 0 saturated heterocycles. The van der Waals surface area contributed by atoms with E-state index < -0.39 is 0 Å². The van der Waals surface area contributed by atoms with E-state index in [1.807, 2.05) is 47.6 Å². The molecule has 5 nitrogen and oxygen atoms in total. The second kappa shape index (κ2) is 5.79. The van der Waals surface area contributed by atoms with Crippen molar-refractivity contribution in [3.63, 3.8) is 0 Å². The van der Waals surface area contributed by atoms with Gasteiger partial charge in [0.1, 0.15) is 5.82 Å². The normalized spacial score (nSPS) is 12.2. The third-order valence-electron chi connectivity index (χ3n) is 3.34. The van der Waals surface area contributed by atoms with Crippen molar-refractivity contribution >= 4 is 11.7 Å². The van der Waals surface area contributed by atoms with Gasteiger partial charge in [-0.05, 0) is 32.4 Å². The Morgan fingerprint density at radius 2 is 1.85 bits per heavy atom. The second-order valence-electron chi connectivity index (χ2n) is 6.71. The highest BCUT2D eigenvalue weighted by molar-refractivity contribution is 5.95. The van der Waals surface area contributed by atoms with Gasteiger partial charge in [0.25, 0.3) is 5.91 Å². The van der Waals surface area contributed by atoms with Crippen LogP contribution in [0.1, 0.15) is 64.0 Å². The molecule has 0 aromatic carbocycles. The Morgan fingerprint density at radius 3 is 2.30 bits per heavy atom. The van der Waals surface area contributed by atoms with Crippen LogP contribution in [-0.4, -0.2) is 16.4 Å². The maximum atomic E-state index is 12.4. The van der Waals surface area contributed by atoms with Gasteiger partial charge in [-0.15, -0.1) is 0 Å². The first-order valence-electron chi connectivity index (χ1n) is 6.91. The molecule has 112 valence electrons. The molecule has 0 aliphatic rings. The highest BCUT2D eigenvalue weighted by atomic mass is 16.1. The van der Waals surface area contributed by atoms with Crippen molar-refractivity contribution in [3.05, 3.63) is 23.4 Å². The molecule has 1 aromatic heterocycles. The molecule has 0 atom stereocenters. The van der Waals surface area contributed by atoms with E-state index in [-0.39, 0.29) is 16.9 Å². The van der Waals surface area contributed by atoms with Gasteiger partial charge in [0.2, 0.25) is 0 Å². The van der Waals surface area contributed by atoms with Gasteiger partial charge in [-0.1, -0.05) is 27.7 Å². The predicted molar refractivity (Wildman–Crippen MR) is 82.6 cm³/mol. The third-order valence-corrected chi connectivity index (χ3v) is 3.34. The summed E-state index contributed by atoms with van der Waals surface area (Å²) in [5, 5.41) is 3.02. The number of carbonyl (C=O) groups is 1. The van der Waals surface area contributed by atoms with Crippen LogP contribution in [0.3, 0.4) is 0 Å². The number of hydrazine groups is 1. The first-order chi connectivity index (χ1) is 9.09. The summed E-state index contributed by atoms with van der Waals surface area (Å²) >= 11 is 0. The van der Waals surface area contributed by atoms with Crippen molar-refractivity contribution in [1.82, 2.24) is 10.3 Å². The zero-order chi connectivity index (χ0) is 15.6. The number of aromatic nitrogens is 1. The van der Waals surface area contributed by atoms with Crippen molar-refractivity contribution in [2.45, 2.75) is 58.9 Å². The topological polar surface area (TPSA) is 80.0 Å². The summed E-state index contributed by atoms with van der Waals surface area (Å²) in [6.07, 6.45) is 0.859. The summed E-state index contributed by atoms with van der Waals surface area (Å²) in [5.74, 6) is 5.83. The Hall–Kier alpha value is -1.62. The third kappa shape index (κ3) is 4.20. The Bertz CT molecular complexity index is 489. The van der Waals surface area contributed by atoms with E-state index in [0.717, 1.165) is 12.1 Å². The maximum Gasteiger partial charge on any atom is 0.251 e. The smallest absolute Gasteiger partial charge is 0.251 e. The average molecular weight is 278 g/mol. The lowest BCUT2D eigenvalue weighted by molar-refractivity contribution is 0.0911. The Kier molecular flexibility index (Phi) is 4.76. The Balaban J connectivity index is 3.15. The summed E-state index contributed by atoms with van der Waals surface area (Å²) in [5.41, 5.74) is 3.53. The number of carbonyl (C=O) groups excluding carboxylic acids is 1. The van der Waals surface area contributed by atoms with Crippen LogP contribution in [0.4, 0.5) is 5.82 Å². The molecule has 1 amide bonds. The van der Waals surface area contributed by atoms with E-state index >= 15 is 0 Å². The van der Waals surface area contributed by atoms with Crippen LogP contribution in [0.15, 0.2) is 12.1 Å². The maximum absolute atomic E-state index is 12.4. The molecule has 1 rings (SSSR count). The van der Waals surface area contributed by atoms with Crippen LogP contribution in [0.25, 0.3) is 0 Å². The van der Waals surface area contributed by atoms with E-state index in [9.17, 15) is 4.79 Å². The van der Waals surface area contributed by atoms with Crippen LogP contribution in [0, 0.1) is 0 Å². The van der Waals surface area contributed by atoms with Gasteiger partial charge in [0, 0.05) is 22.2 Å². The van der Waals surface area contributed by atoms with E-state index in [0.29, 0.717) is 11.4 Å². The molecule has 0 saturated carbocycles. The molecule has 0 spiro atoms. The molecule has 0 bridgehead atoms. The van der Waals surface area contributed by atoms with Crippen LogP contribution in [0.5, 0.6) is 0 Å². The van der Waals surface area contributed by atoms with Gasteiger partial charge in [-0.25, -0.2) is 10.8 Å². The van der Waals surface area contributed by atoms with Gasteiger partial charge in [-0.3, -0.25) is 4.79 Å². The molecule has 0 aliphatic heterocycles. The second-order valence-corrected chi connectivity index (χ2v) is 6.71. The average Bonchev–Trinajstić information content (AvgIpc) is 2.36. The number of amides is 1. The Labute approximate surface area is 121 Å². The molecule has 0 fully saturated rings. The molecule has 5 heteroatoms. The van der Waals surface area contributed by atoms with Crippen LogP contribution < -0.4 is 16.6 Å². The molecule has 4 N–H and O–H groups in total. The highest BCUT2D eigenvalue weighted by Crippen LogP contribution is 2.23. The van der Waals surface area contributed by atoms with Gasteiger partial charge in [0.15, 0.2) is 0 Å². The molecular formula is C15H26N4O. The van der Waals surface area contributed by atoms with Gasteiger partial charge < -0.3 is 10.7 Å². The first kappa shape index (κ1) is 16.4. The van der Waals surface area contributed by atoms with Crippen LogP contribution in [0.2, 0.25) is 0 Å². The van der Waals surface area contributed by atoms with Crippen molar-refractivity contribution in [2.24, 2.45) is 5.84 Å². The molecule has 1 heterocycles. The fourth-order valence-corrected chi connectivity index (χ4v) is 1.59. The van der Waals surface area contributed by atoms with Gasteiger partial charge in [0.05, 0.1) is 0 Å². The lowest BCUT2D eigenvalue weighted by Crippen LogP contribution is -2.42. The van der Waals surface area contributed by atoms with Crippen LogP contribution in [-0.2, 0) is 5.41 Å². The number of anilines is 1. The highest BCUT2D eigenvalue weighted by Gasteiger charge is 2.22. The lowest BCUT2D eigenvalue weighted by atomic mass is 9.90. The molecular weight excluding hydrogens is 252 g/mol. The summed E-state index contributed by atoms with van der Waals surface area (Å²) in [6, 6.07) is 3.48. The summed E-state index contributed by atoms with van der Waals surface area (Å²) in [7, 11) is 0. The number of nitrogen functional groups attached to an aromatic ring is 1. The summed E-state index contributed by atoms with van der Waals surface area (Å²) in [6.45, 7) is 12.2. The number of rotatable bonds is 4. The minimum absolute atomic E-state index is 0.110. The van der Waals surface area contributed by atoms with Crippen LogP contribution >= 0.6 is 0 Å².